The molecule has 1 heterocycles. The molecular weight excluding hydrogens is 142 g/mol. The summed E-state index contributed by atoms with van der Waals surface area (Å²) in [6.07, 6.45) is 3.47. The molecule has 1 unspecified atom stereocenters. The molecule has 11 heavy (non-hydrogen) atoms. The highest BCUT2D eigenvalue weighted by Gasteiger charge is 2.00. The van der Waals surface area contributed by atoms with Crippen LogP contribution in [0.5, 0.6) is 0 Å². The molecule has 0 amide bonds. The normalized spacial score (nSPS) is 13.4. The Morgan fingerprint density at radius 3 is 2.64 bits per heavy atom. The summed E-state index contributed by atoms with van der Waals surface area (Å²) in [6.45, 7) is 2.46. The lowest BCUT2D eigenvalue weighted by molar-refractivity contribution is 0.566. The first kappa shape index (κ1) is 8.07. The van der Waals surface area contributed by atoms with Crippen molar-refractivity contribution < 1.29 is 0 Å². The fourth-order valence-electron chi connectivity index (χ4n) is 0.960. The van der Waals surface area contributed by atoms with Gasteiger partial charge in [0.2, 0.25) is 0 Å². The fourth-order valence-corrected chi connectivity index (χ4v) is 0.960. The molecule has 0 aliphatic heterocycles. The number of rotatable bonds is 2. The Bertz CT molecular complexity index is 284. The quantitative estimate of drug-likeness (QED) is 0.628. The fraction of sp³-hybridized carbons (Fsp3) is 0.571. The lowest BCUT2D eigenvalue weighted by atomic mass is 10.4. The van der Waals surface area contributed by atoms with E-state index in [4.69, 9.17) is 5.73 Å². The Labute approximate surface area is 65.2 Å². The van der Waals surface area contributed by atoms with Gasteiger partial charge in [-0.1, -0.05) is 0 Å². The first-order valence-corrected chi connectivity index (χ1v) is 3.58. The third-order valence-corrected chi connectivity index (χ3v) is 1.50. The maximum absolute atomic E-state index is 11.2. The van der Waals surface area contributed by atoms with Crippen LogP contribution in [0.15, 0.2) is 17.2 Å². The number of hydrogen-bond donors (Lipinski definition) is 1. The molecule has 4 nitrogen and oxygen atoms in total. The van der Waals surface area contributed by atoms with Crippen LogP contribution >= 0.6 is 0 Å². The van der Waals surface area contributed by atoms with Crippen LogP contribution in [0.4, 0.5) is 0 Å². The highest BCUT2D eigenvalue weighted by molar-refractivity contribution is 4.80. The number of hydrogen-bond acceptors (Lipinski definition) is 2. The molecule has 62 valence electrons. The molecule has 1 atom stereocenters. The molecule has 2 N–H and O–H groups in total. The van der Waals surface area contributed by atoms with Crippen LogP contribution in [-0.2, 0) is 13.6 Å². The van der Waals surface area contributed by atoms with Gasteiger partial charge in [-0.25, -0.2) is 4.79 Å². The van der Waals surface area contributed by atoms with E-state index in [1.165, 1.54) is 4.57 Å². The van der Waals surface area contributed by atoms with Crippen molar-refractivity contribution in [3.8, 4) is 0 Å². The van der Waals surface area contributed by atoms with E-state index in [-0.39, 0.29) is 11.7 Å². The van der Waals surface area contributed by atoms with Gasteiger partial charge < -0.3 is 10.3 Å². The first-order valence-electron chi connectivity index (χ1n) is 3.58. The lowest BCUT2D eigenvalue weighted by Gasteiger charge is -2.03. The topological polar surface area (TPSA) is 52.9 Å². The second-order valence-electron chi connectivity index (χ2n) is 2.82. The maximum atomic E-state index is 11.2. The molecule has 0 aliphatic carbocycles. The van der Waals surface area contributed by atoms with Crippen LogP contribution < -0.4 is 11.4 Å². The molecule has 4 heteroatoms. The van der Waals surface area contributed by atoms with Gasteiger partial charge in [-0.3, -0.25) is 4.57 Å². The monoisotopic (exact) mass is 155 g/mol. The van der Waals surface area contributed by atoms with Crippen molar-refractivity contribution in [1.29, 1.82) is 0 Å². The second kappa shape index (κ2) is 2.92. The molecular formula is C7H13N3O. The van der Waals surface area contributed by atoms with Crippen molar-refractivity contribution in [3.05, 3.63) is 22.9 Å². The SMILES string of the molecule is CC(N)Cn1ccn(C)c1=O. The van der Waals surface area contributed by atoms with Gasteiger partial charge >= 0.3 is 5.69 Å². The van der Waals surface area contributed by atoms with Gasteiger partial charge in [0, 0.05) is 32.0 Å². The van der Waals surface area contributed by atoms with Gasteiger partial charge in [0.1, 0.15) is 0 Å². The zero-order chi connectivity index (χ0) is 8.43. The molecule has 1 rings (SSSR count). The van der Waals surface area contributed by atoms with Crippen LogP contribution in [-0.4, -0.2) is 15.2 Å². The van der Waals surface area contributed by atoms with Gasteiger partial charge in [0.15, 0.2) is 0 Å². The van der Waals surface area contributed by atoms with Crippen molar-refractivity contribution in [3.63, 3.8) is 0 Å². The average molecular weight is 155 g/mol. The average Bonchev–Trinajstić information content (AvgIpc) is 2.18. The maximum Gasteiger partial charge on any atom is 0.327 e. The van der Waals surface area contributed by atoms with Gasteiger partial charge in [-0.2, -0.15) is 0 Å². The van der Waals surface area contributed by atoms with E-state index in [0.29, 0.717) is 6.54 Å². The largest absolute Gasteiger partial charge is 0.327 e. The van der Waals surface area contributed by atoms with Gasteiger partial charge in [-0.05, 0) is 6.92 Å². The van der Waals surface area contributed by atoms with E-state index in [2.05, 4.69) is 0 Å². The summed E-state index contributed by atoms with van der Waals surface area (Å²) >= 11 is 0. The number of aryl methyl sites for hydroxylation is 1. The number of nitrogens with two attached hydrogens (primary N) is 1. The minimum Gasteiger partial charge on any atom is -0.326 e. The van der Waals surface area contributed by atoms with Crippen LogP contribution in [0.1, 0.15) is 6.92 Å². The zero-order valence-corrected chi connectivity index (χ0v) is 6.82. The Hall–Kier alpha value is -1.03. The third kappa shape index (κ3) is 1.71. The van der Waals surface area contributed by atoms with E-state index in [0.717, 1.165) is 0 Å². The Morgan fingerprint density at radius 2 is 2.27 bits per heavy atom. The van der Waals surface area contributed by atoms with Crippen molar-refractivity contribution in [2.75, 3.05) is 0 Å². The Kier molecular flexibility index (Phi) is 2.14. The van der Waals surface area contributed by atoms with Crippen molar-refractivity contribution in [2.24, 2.45) is 12.8 Å². The van der Waals surface area contributed by atoms with E-state index in [1.54, 1.807) is 24.0 Å². The summed E-state index contributed by atoms with van der Waals surface area (Å²) in [5.41, 5.74) is 5.52. The second-order valence-corrected chi connectivity index (χ2v) is 2.82. The van der Waals surface area contributed by atoms with Crippen LogP contribution in [0.2, 0.25) is 0 Å². The van der Waals surface area contributed by atoms with Gasteiger partial charge in [-0.15, -0.1) is 0 Å². The van der Waals surface area contributed by atoms with Crippen LogP contribution in [0.25, 0.3) is 0 Å². The summed E-state index contributed by atoms with van der Waals surface area (Å²) in [7, 11) is 1.72. The van der Waals surface area contributed by atoms with Gasteiger partial charge in [0.25, 0.3) is 0 Å². The molecule has 1 aromatic heterocycles. The molecule has 0 radical (unpaired) electrons. The smallest absolute Gasteiger partial charge is 0.326 e. The van der Waals surface area contributed by atoms with Crippen molar-refractivity contribution in [1.82, 2.24) is 9.13 Å². The zero-order valence-electron chi connectivity index (χ0n) is 6.82. The molecule has 1 aromatic rings. The molecule has 0 saturated carbocycles. The van der Waals surface area contributed by atoms with Crippen LogP contribution in [0, 0.1) is 0 Å². The third-order valence-electron chi connectivity index (χ3n) is 1.50. The first-order chi connectivity index (χ1) is 5.11. The number of nitrogens with zero attached hydrogens (tertiary/aromatic N) is 2. The number of imidazole rings is 1. The number of aromatic nitrogens is 2. The summed E-state index contributed by atoms with van der Waals surface area (Å²) in [5.74, 6) is 0. The lowest BCUT2D eigenvalue weighted by Crippen LogP contribution is -2.30. The molecule has 0 aliphatic rings. The highest BCUT2D eigenvalue weighted by Crippen LogP contribution is 1.84. The molecule has 0 saturated heterocycles. The summed E-state index contributed by atoms with van der Waals surface area (Å²) in [5, 5.41) is 0. The Morgan fingerprint density at radius 1 is 1.64 bits per heavy atom. The van der Waals surface area contributed by atoms with E-state index >= 15 is 0 Å². The van der Waals surface area contributed by atoms with E-state index in [1.807, 2.05) is 6.92 Å². The van der Waals surface area contributed by atoms with E-state index in [9.17, 15) is 4.79 Å². The molecule has 0 fully saturated rings. The Balaban J connectivity index is 2.88. The standard InChI is InChI=1S/C7H13N3O/c1-6(8)5-10-4-3-9(2)7(10)11/h3-4,6H,5,8H2,1-2H3. The minimum absolute atomic E-state index is 0.0118. The predicted molar refractivity (Wildman–Crippen MR) is 43.3 cm³/mol. The predicted octanol–water partition coefficient (Wildman–Crippen LogP) is -0.466. The summed E-state index contributed by atoms with van der Waals surface area (Å²) in [6, 6.07) is 0.0232. The van der Waals surface area contributed by atoms with E-state index < -0.39 is 0 Å². The molecule has 0 aromatic carbocycles. The van der Waals surface area contributed by atoms with Gasteiger partial charge in [0.05, 0.1) is 0 Å². The van der Waals surface area contributed by atoms with Crippen molar-refractivity contribution in [2.45, 2.75) is 19.5 Å². The van der Waals surface area contributed by atoms with Crippen LogP contribution in [0.3, 0.4) is 0 Å². The summed E-state index contributed by atoms with van der Waals surface area (Å²) < 4.78 is 3.13. The summed E-state index contributed by atoms with van der Waals surface area (Å²) in [4.78, 5) is 11.2. The minimum atomic E-state index is -0.0118. The van der Waals surface area contributed by atoms with Crippen molar-refractivity contribution >= 4 is 0 Å². The molecule has 0 spiro atoms. The molecule has 0 bridgehead atoms. The highest BCUT2D eigenvalue weighted by atomic mass is 16.1.